The Morgan fingerprint density at radius 1 is 1.33 bits per heavy atom. The highest BCUT2D eigenvalue weighted by Crippen LogP contribution is 2.12. The van der Waals surface area contributed by atoms with Gasteiger partial charge < -0.3 is 5.32 Å². The maximum atomic E-state index is 12.2. The monoisotopic (exact) mass is 282 g/mol. The number of carbonyl (C=O) groups excluding carboxylic acids is 2. The van der Waals surface area contributed by atoms with Crippen LogP contribution in [0.5, 0.6) is 0 Å². The number of aromatic nitrogens is 2. The number of rotatable bonds is 4. The second kappa shape index (κ2) is 6.01. The molecule has 6 nitrogen and oxygen atoms in total. The Labute approximate surface area is 122 Å². The van der Waals surface area contributed by atoms with Crippen molar-refractivity contribution in [1.82, 2.24) is 9.78 Å². The first-order chi connectivity index (χ1) is 10.0. The molecule has 0 radical (unpaired) electrons. The van der Waals surface area contributed by atoms with E-state index < -0.39 is 17.6 Å². The largest absolute Gasteiger partial charge is 0.325 e. The second-order valence-electron chi connectivity index (χ2n) is 4.58. The standard InChI is InChI=1S/C15H14N4O2/c1-10-8-13(18-19(10)2)14(20)12(9-16)15(21)17-11-6-4-3-5-7-11/h3-8,12H,1-2H3,(H,17,21). The Hall–Kier alpha value is -2.94. The van der Waals surface area contributed by atoms with E-state index >= 15 is 0 Å². The third kappa shape index (κ3) is 3.15. The molecular weight excluding hydrogens is 268 g/mol. The van der Waals surface area contributed by atoms with Crippen LogP contribution in [0.3, 0.4) is 0 Å². The minimum absolute atomic E-state index is 0.116. The molecular formula is C15H14N4O2. The zero-order chi connectivity index (χ0) is 15.4. The number of carbonyl (C=O) groups is 2. The number of amides is 1. The molecule has 106 valence electrons. The highest BCUT2D eigenvalue weighted by Gasteiger charge is 2.29. The second-order valence-corrected chi connectivity index (χ2v) is 4.58. The van der Waals surface area contributed by atoms with Gasteiger partial charge in [0.1, 0.15) is 5.69 Å². The zero-order valence-electron chi connectivity index (χ0n) is 11.7. The summed E-state index contributed by atoms with van der Waals surface area (Å²) < 4.78 is 1.52. The van der Waals surface area contributed by atoms with E-state index in [1.807, 2.05) is 0 Å². The molecule has 1 amide bonds. The van der Waals surface area contributed by atoms with Crippen LogP contribution in [0.2, 0.25) is 0 Å². The van der Waals surface area contributed by atoms with E-state index in [-0.39, 0.29) is 5.69 Å². The maximum absolute atomic E-state index is 12.2. The van der Waals surface area contributed by atoms with E-state index in [9.17, 15) is 9.59 Å². The molecule has 21 heavy (non-hydrogen) atoms. The van der Waals surface area contributed by atoms with Gasteiger partial charge in [0.2, 0.25) is 11.7 Å². The van der Waals surface area contributed by atoms with Gasteiger partial charge in [0, 0.05) is 18.4 Å². The molecule has 1 heterocycles. The van der Waals surface area contributed by atoms with Gasteiger partial charge in [0.05, 0.1) is 6.07 Å². The first kappa shape index (κ1) is 14.5. The molecule has 0 aliphatic carbocycles. The van der Waals surface area contributed by atoms with Crippen LogP contribution in [-0.2, 0) is 11.8 Å². The van der Waals surface area contributed by atoms with E-state index in [0.717, 1.165) is 5.69 Å². The summed E-state index contributed by atoms with van der Waals surface area (Å²) in [7, 11) is 1.69. The van der Waals surface area contributed by atoms with Crippen LogP contribution in [-0.4, -0.2) is 21.5 Å². The van der Waals surface area contributed by atoms with Crippen molar-refractivity contribution in [2.75, 3.05) is 5.32 Å². The summed E-state index contributed by atoms with van der Waals surface area (Å²) in [6.45, 7) is 1.79. The lowest BCUT2D eigenvalue weighted by Crippen LogP contribution is -2.29. The van der Waals surface area contributed by atoms with Gasteiger partial charge in [-0.2, -0.15) is 10.4 Å². The normalized spacial score (nSPS) is 11.5. The summed E-state index contributed by atoms with van der Waals surface area (Å²) in [5, 5.41) is 15.7. The molecule has 0 bridgehead atoms. The lowest BCUT2D eigenvalue weighted by Gasteiger charge is -2.08. The fourth-order valence-corrected chi connectivity index (χ4v) is 1.80. The van der Waals surface area contributed by atoms with Crippen LogP contribution in [0.1, 0.15) is 16.2 Å². The Kier molecular flexibility index (Phi) is 4.14. The zero-order valence-corrected chi connectivity index (χ0v) is 11.7. The molecule has 1 unspecified atom stereocenters. The van der Waals surface area contributed by atoms with Crippen molar-refractivity contribution in [3.8, 4) is 6.07 Å². The number of para-hydroxylation sites is 1. The SMILES string of the molecule is Cc1cc(C(=O)C(C#N)C(=O)Nc2ccccc2)nn1C. The van der Waals surface area contributed by atoms with Crippen molar-refractivity contribution in [3.05, 3.63) is 47.8 Å². The quantitative estimate of drug-likeness (QED) is 0.682. The lowest BCUT2D eigenvalue weighted by atomic mass is 10.0. The predicted octanol–water partition coefficient (Wildman–Crippen LogP) is 1.69. The van der Waals surface area contributed by atoms with Crippen LogP contribution in [0.25, 0.3) is 0 Å². The van der Waals surface area contributed by atoms with Crippen molar-refractivity contribution >= 4 is 17.4 Å². The molecule has 0 saturated heterocycles. The number of nitrogens with one attached hydrogen (secondary N) is 1. The summed E-state index contributed by atoms with van der Waals surface area (Å²) in [5.74, 6) is -2.67. The molecule has 2 aromatic rings. The fourth-order valence-electron chi connectivity index (χ4n) is 1.80. The average Bonchev–Trinajstić information content (AvgIpc) is 2.80. The number of hydrogen-bond acceptors (Lipinski definition) is 4. The molecule has 2 rings (SSSR count). The molecule has 1 atom stereocenters. The maximum Gasteiger partial charge on any atom is 0.249 e. The highest BCUT2D eigenvalue weighted by atomic mass is 16.2. The molecule has 1 aromatic heterocycles. The number of aryl methyl sites for hydroxylation is 2. The highest BCUT2D eigenvalue weighted by molar-refractivity contribution is 6.14. The molecule has 0 fully saturated rings. The summed E-state index contributed by atoms with van der Waals surface area (Å²) in [5.41, 5.74) is 1.43. The number of ketones is 1. The fraction of sp³-hybridized carbons (Fsp3) is 0.200. The number of hydrogen-bond donors (Lipinski definition) is 1. The Morgan fingerprint density at radius 3 is 2.52 bits per heavy atom. The van der Waals surface area contributed by atoms with E-state index in [1.165, 1.54) is 4.68 Å². The minimum Gasteiger partial charge on any atom is -0.325 e. The van der Waals surface area contributed by atoms with Crippen LogP contribution in [0.4, 0.5) is 5.69 Å². The first-order valence-electron chi connectivity index (χ1n) is 6.33. The molecule has 0 aliphatic heterocycles. The summed E-state index contributed by atoms with van der Waals surface area (Å²) in [6, 6.07) is 12.0. The van der Waals surface area contributed by atoms with E-state index in [0.29, 0.717) is 5.69 Å². The molecule has 1 aromatic carbocycles. The van der Waals surface area contributed by atoms with Crippen molar-refractivity contribution in [2.45, 2.75) is 6.92 Å². The third-order valence-corrected chi connectivity index (χ3v) is 3.06. The third-order valence-electron chi connectivity index (χ3n) is 3.06. The lowest BCUT2D eigenvalue weighted by molar-refractivity contribution is -0.117. The number of nitriles is 1. The molecule has 0 saturated carbocycles. The summed E-state index contributed by atoms with van der Waals surface area (Å²) in [6.07, 6.45) is 0. The number of nitrogens with zero attached hydrogens (tertiary/aromatic N) is 3. The topological polar surface area (TPSA) is 87.8 Å². The van der Waals surface area contributed by atoms with E-state index in [1.54, 1.807) is 56.4 Å². The van der Waals surface area contributed by atoms with Gasteiger partial charge in [-0.25, -0.2) is 0 Å². The smallest absolute Gasteiger partial charge is 0.249 e. The van der Waals surface area contributed by atoms with Crippen molar-refractivity contribution < 1.29 is 9.59 Å². The van der Waals surface area contributed by atoms with Crippen LogP contribution in [0, 0.1) is 24.2 Å². The number of anilines is 1. The molecule has 6 heteroatoms. The van der Waals surface area contributed by atoms with Crippen molar-refractivity contribution in [1.29, 1.82) is 5.26 Å². The molecule has 0 spiro atoms. The van der Waals surface area contributed by atoms with Gasteiger partial charge in [0.15, 0.2) is 5.92 Å². The Balaban J connectivity index is 2.17. The van der Waals surface area contributed by atoms with Gasteiger partial charge in [-0.3, -0.25) is 14.3 Å². The van der Waals surface area contributed by atoms with Gasteiger partial charge in [-0.1, -0.05) is 18.2 Å². The van der Waals surface area contributed by atoms with Gasteiger partial charge >= 0.3 is 0 Å². The average molecular weight is 282 g/mol. The van der Waals surface area contributed by atoms with Crippen LogP contribution >= 0.6 is 0 Å². The van der Waals surface area contributed by atoms with Crippen molar-refractivity contribution in [2.24, 2.45) is 13.0 Å². The minimum atomic E-state index is -1.42. The van der Waals surface area contributed by atoms with Gasteiger partial charge in [-0.15, -0.1) is 0 Å². The summed E-state index contributed by atoms with van der Waals surface area (Å²) in [4.78, 5) is 24.3. The number of Topliss-reactive ketones (excluding diaryl/α,β-unsaturated/α-hetero) is 1. The predicted molar refractivity (Wildman–Crippen MR) is 76.5 cm³/mol. The van der Waals surface area contributed by atoms with E-state index in [2.05, 4.69) is 10.4 Å². The van der Waals surface area contributed by atoms with Gasteiger partial charge in [-0.05, 0) is 25.1 Å². The Bertz CT molecular complexity index is 694. The van der Waals surface area contributed by atoms with E-state index in [4.69, 9.17) is 5.26 Å². The number of benzene rings is 1. The van der Waals surface area contributed by atoms with Gasteiger partial charge in [0.25, 0.3) is 0 Å². The molecule has 1 N–H and O–H groups in total. The first-order valence-corrected chi connectivity index (χ1v) is 6.33. The summed E-state index contributed by atoms with van der Waals surface area (Å²) >= 11 is 0. The van der Waals surface area contributed by atoms with Crippen molar-refractivity contribution in [3.63, 3.8) is 0 Å². The Morgan fingerprint density at radius 2 is 2.00 bits per heavy atom. The molecule has 0 aliphatic rings. The van der Waals surface area contributed by atoms with Crippen LogP contribution in [0.15, 0.2) is 36.4 Å². The van der Waals surface area contributed by atoms with Crippen LogP contribution < -0.4 is 5.32 Å².